The summed E-state index contributed by atoms with van der Waals surface area (Å²) in [6.45, 7) is 1.09. The molecule has 0 bridgehead atoms. The van der Waals surface area contributed by atoms with Gasteiger partial charge in [-0.25, -0.2) is 4.39 Å². The number of benzene rings is 3. The molecule has 190 valence electrons. The summed E-state index contributed by atoms with van der Waals surface area (Å²) in [4.78, 5) is 11.2. The Morgan fingerprint density at radius 3 is 2.78 bits per heavy atom. The summed E-state index contributed by atoms with van der Waals surface area (Å²) < 4.78 is 27.4. The SMILES string of the molecule is N[C@H](CO)c1cccc(-c2cc(COc3ccccc3CC(=O)O)cc(NCC3CCCO3)c2F)c1. The van der Waals surface area contributed by atoms with Gasteiger partial charge in [0.1, 0.15) is 12.4 Å². The van der Waals surface area contributed by atoms with E-state index < -0.39 is 17.8 Å². The molecule has 1 fully saturated rings. The number of carboxylic acid groups (broad SMARTS) is 1. The number of nitrogens with two attached hydrogens (primary N) is 1. The van der Waals surface area contributed by atoms with E-state index in [1.54, 1.807) is 60.7 Å². The van der Waals surface area contributed by atoms with Crippen molar-refractivity contribution in [2.75, 3.05) is 25.1 Å². The molecule has 0 saturated carbocycles. The van der Waals surface area contributed by atoms with Crippen LogP contribution in [0.1, 0.15) is 35.6 Å². The third-order valence-corrected chi connectivity index (χ3v) is 6.21. The highest BCUT2D eigenvalue weighted by atomic mass is 19.1. The van der Waals surface area contributed by atoms with Gasteiger partial charge in [-0.05, 0) is 53.8 Å². The highest BCUT2D eigenvalue weighted by Crippen LogP contribution is 2.32. The van der Waals surface area contributed by atoms with E-state index in [9.17, 15) is 15.0 Å². The van der Waals surface area contributed by atoms with Gasteiger partial charge in [0.15, 0.2) is 5.82 Å². The number of ether oxygens (including phenoxy) is 2. The second-order valence-electron chi connectivity index (χ2n) is 8.90. The average molecular weight is 495 g/mol. The zero-order valence-corrected chi connectivity index (χ0v) is 20.0. The van der Waals surface area contributed by atoms with Gasteiger partial charge in [-0.2, -0.15) is 0 Å². The lowest BCUT2D eigenvalue weighted by Gasteiger charge is -2.18. The lowest BCUT2D eigenvalue weighted by molar-refractivity contribution is -0.136. The minimum Gasteiger partial charge on any atom is -0.489 e. The highest BCUT2D eigenvalue weighted by Gasteiger charge is 2.19. The number of carboxylic acids is 1. The molecule has 4 rings (SSSR count). The van der Waals surface area contributed by atoms with E-state index in [0.717, 1.165) is 12.8 Å². The number of anilines is 1. The maximum atomic E-state index is 15.7. The molecular weight excluding hydrogens is 463 g/mol. The molecule has 1 aliphatic heterocycles. The van der Waals surface area contributed by atoms with E-state index >= 15 is 4.39 Å². The minimum absolute atomic E-state index is 0.0292. The molecule has 0 aromatic heterocycles. The summed E-state index contributed by atoms with van der Waals surface area (Å²) >= 11 is 0. The Kier molecular flexibility index (Phi) is 8.53. The van der Waals surface area contributed by atoms with Crippen LogP contribution < -0.4 is 15.8 Å². The number of hydrogen-bond acceptors (Lipinski definition) is 6. The monoisotopic (exact) mass is 494 g/mol. The van der Waals surface area contributed by atoms with Gasteiger partial charge in [0, 0.05) is 24.3 Å². The van der Waals surface area contributed by atoms with E-state index in [0.29, 0.717) is 52.4 Å². The normalized spacial score (nSPS) is 16.0. The molecular formula is C28H31FN2O5. The molecule has 1 aliphatic rings. The number of aliphatic carboxylic acids is 1. The summed E-state index contributed by atoms with van der Waals surface area (Å²) in [5.74, 6) is -0.884. The maximum Gasteiger partial charge on any atom is 0.307 e. The molecule has 1 unspecified atom stereocenters. The largest absolute Gasteiger partial charge is 0.489 e. The van der Waals surface area contributed by atoms with Crippen LogP contribution in [0.25, 0.3) is 11.1 Å². The van der Waals surface area contributed by atoms with E-state index in [1.165, 1.54) is 0 Å². The fourth-order valence-electron chi connectivity index (χ4n) is 4.29. The van der Waals surface area contributed by atoms with Crippen LogP contribution in [0, 0.1) is 5.82 Å². The zero-order valence-electron chi connectivity index (χ0n) is 20.0. The van der Waals surface area contributed by atoms with E-state index in [2.05, 4.69) is 5.32 Å². The molecule has 0 radical (unpaired) electrons. The van der Waals surface area contributed by atoms with Crippen molar-refractivity contribution >= 4 is 11.7 Å². The van der Waals surface area contributed by atoms with Crippen LogP contribution >= 0.6 is 0 Å². The Balaban J connectivity index is 1.65. The molecule has 3 aromatic carbocycles. The van der Waals surface area contributed by atoms with Crippen LogP contribution in [0.2, 0.25) is 0 Å². The summed E-state index contributed by atoms with van der Waals surface area (Å²) in [5, 5.41) is 21.8. The molecule has 3 aromatic rings. The van der Waals surface area contributed by atoms with Gasteiger partial charge >= 0.3 is 5.97 Å². The smallest absolute Gasteiger partial charge is 0.307 e. The molecule has 36 heavy (non-hydrogen) atoms. The molecule has 2 atom stereocenters. The zero-order chi connectivity index (χ0) is 25.5. The summed E-state index contributed by atoms with van der Waals surface area (Å²) in [6.07, 6.45) is 1.78. The molecule has 7 nitrogen and oxygen atoms in total. The summed E-state index contributed by atoms with van der Waals surface area (Å²) in [7, 11) is 0. The first-order valence-electron chi connectivity index (χ1n) is 12.0. The molecule has 0 aliphatic carbocycles. The number of para-hydroxylation sites is 1. The van der Waals surface area contributed by atoms with Crippen LogP contribution in [-0.2, 0) is 22.6 Å². The van der Waals surface area contributed by atoms with Gasteiger partial charge in [0.05, 0.1) is 30.9 Å². The lowest BCUT2D eigenvalue weighted by Crippen LogP contribution is -2.19. The third-order valence-electron chi connectivity index (χ3n) is 6.21. The van der Waals surface area contributed by atoms with Crippen molar-refractivity contribution < 1.29 is 28.9 Å². The quantitative estimate of drug-likeness (QED) is 0.315. The first kappa shape index (κ1) is 25.6. The van der Waals surface area contributed by atoms with Crippen molar-refractivity contribution in [1.82, 2.24) is 0 Å². The van der Waals surface area contributed by atoms with Crippen LogP contribution in [-0.4, -0.2) is 42.0 Å². The number of halogens is 1. The third kappa shape index (κ3) is 6.40. The fraction of sp³-hybridized carbons (Fsp3) is 0.321. The number of carbonyl (C=O) groups is 1. The second-order valence-corrected chi connectivity index (χ2v) is 8.90. The molecule has 1 heterocycles. The van der Waals surface area contributed by atoms with Crippen LogP contribution in [0.4, 0.5) is 10.1 Å². The average Bonchev–Trinajstić information content (AvgIpc) is 3.41. The number of hydrogen-bond donors (Lipinski definition) is 4. The molecule has 0 spiro atoms. The van der Waals surface area contributed by atoms with Crippen molar-refractivity contribution in [1.29, 1.82) is 0 Å². The fourth-order valence-corrected chi connectivity index (χ4v) is 4.29. The molecule has 1 saturated heterocycles. The van der Waals surface area contributed by atoms with Gasteiger partial charge in [-0.1, -0.05) is 36.4 Å². The van der Waals surface area contributed by atoms with Crippen molar-refractivity contribution in [2.45, 2.75) is 38.0 Å². The van der Waals surface area contributed by atoms with Crippen molar-refractivity contribution in [3.05, 3.63) is 83.2 Å². The minimum atomic E-state index is -0.947. The summed E-state index contributed by atoms with van der Waals surface area (Å²) in [5.41, 5.74) is 9.29. The second kappa shape index (κ2) is 12.0. The number of rotatable bonds is 11. The Labute approximate surface area is 209 Å². The topological polar surface area (TPSA) is 114 Å². The van der Waals surface area contributed by atoms with Crippen LogP contribution in [0.15, 0.2) is 60.7 Å². The van der Waals surface area contributed by atoms with Gasteiger partial charge < -0.3 is 30.7 Å². The standard InChI is InChI=1S/C28H31FN2O5/c29-28-23(19-6-3-7-20(13-19)24(30)16-32)11-18(12-25(28)31-15-22-8-4-10-35-22)17-36-26-9-2-1-5-21(26)14-27(33)34/h1-3,5-7,9,11-13,22,24,31-32H,4,8,10,14-17,30H2,(H,33,34)/t22?,24-/m1/s1. The van der Waals surface area contributed by atoms with E-state index in [4.69, 9.17) is 15.2 Å². The Morgan fingerprint density at radius 1 is 1.19 bits per heavy atom. The van der Waals surface area contributed by atoms with Gasteiger partial charge in [-0.3, -0.25) is 4.79 Å². The van der Waals surface area contributed by atoms with Gasteiger partial charge in [-0.15, -0.1) is 0 Å². The molecule has 0 amide bonds. The van der Waals surface area contributed by atoms with Gasteiger partial charge in [0.2, 0.25) is 0 Å². The predicted octanol–water partition coefficient (Wildman–Crippen LogP) is 4.28. The number of nitrogens with one attached hydrogen (secondary N) is 1. The first-order chi connectivity index (χ1) is 17.4. The lowest BCUT2D eigenvalue weighted by atomic mass is 9.97. The number of aliphatic hydroxyl groups is 1. The van der Waals surface area contributed by atoms with Crippen molar-refractivity contribution in [3.8, 4) is 16.9 Å². The molecule has 8 heteroatoms. The Hall–Kier alpha value is -3.46. The van der Waals surface area contributed by atoms with Crippen LogP contribution in [0.3, 0.4) is 0 Å². The van der Waals surface area contributed by atoms with E-state index in [-0.39, 0.29) is 25.7 Å². The van der Waals surface area contributed by atoms with Gasteiger partial charge in [0.25, 0.3) is 0 Å². The van der Waals surface area contributed by atoms with E-state index in [1.807, 2.05) is 0 Å². The van der Waals surface area contributed by atoms with Crippen molar-refractivity contribution in [2.24, 2.45) is 5.73 Å². The highest BCUT2D eigenvalue weighted by molar-refractivity contribution is 5.72. The maximum absolute atomic E-state index is 15.7. The van der Waals surface area contributed by atoms with Crippen molar-refractivity contribution in [3.63, 3.8) is 0 Å². The number of aliphatic hydroxyl groups excluding tert-OH is 1. The first-order valence-corrected chi connectivity index (χ1v) is 12.0. The Morgan fingerprint density at radius 2 is 2.03 bits per heavy atom. The molecule has 5 N–H and O–H groups in total. The summed E-state index contributed by atoms with van der Waals surface area (Å²) in [6, 6.07) is 17.0. The predicted molar refractivity (Wildman–Crippen MR) is 135 cm³/mol. The van der Waals surface area contributed by atoms with Crippen LogP contribution in [0.5, 0.6) is 5.75 Å². The Bertz CT molecular complexity index is 1200.